The maximum Gasteiger partial charge on any atom is 0.330 e. The van der Waals surface area contributed by atoms with E-state index in [9.17, 15) is 4.79 Å². The molecule has 0 saturated carbocycles. The van der Waals surface area contributed by atoms with E-state index in [0.717, 1.165) is 34.8 Å². The molecule has 0 bridgehead atoms. The average molecular weight is 467 g/mol. The summed E-state index contributed by atoms with van der Waals surface area (Å²) in [6, 6.07) is 16.4. The lowest BCUT2D eigenvalue weighted by atomic mass is 10.0. The first-order valence-electron chi connectivity index (χ1n) is 11.5. The van der Waals surface area contributed by atoms with Crippen molar-refractivity contribution in [3.05, 3.63) is 66.7 Å². The number of rotatable bonds is 11. The second kappa shape index (κ2) is 10.5. The van der Waals surface area contributed by atoms with Crippen LogP contribution in [0, 0.1) is 0 Å². The van der Waals surface area contributed by atoms with Gasteiger partial charge in [0.15, 0.2) is 4.93 Å². The number of ether oxygens (including phenoxy) is 2. The van der Waals surface area contributed by atoms with Crippen LogP contribution in [0.5, 0.6) is 5.75 Å². The summed E-state index contributed by atoms with van der Waals surface area (Å²) in [6.45, 7) is 11.2. The SMILES string of the molecule is C=CC(=O)OC(C)(C)CC(C)(S)Oc1ccc2cc(-c3ccc(CCCCC)cc3)oc2c1. The minimum Gasteiger partial charge on any atom is -0.477 e. The number of furan rings is 1. The highest BCUT2D eigenvalue weighted by Gasteiger charge is 2.34. The van der Waals surface area contributed by atoms with Gasteiger partial charge in [-0.1, -0.05) is 50.6 Å². The number of esters is 1. The third-order valence-electron chi connectivity index (χ3n) is 5.43. The molecule has 0 aliphatic heterocycles. The van der Waals surface area contributed by atoms with Crippen molar-refractivity contribution in [3.63, 3.8) is 0 Å². The lowest BCUT2D eigenvalue weighted by Crippen LogP contribution is -2.38. The number of carbonyl (C=O) groups is 1. The molecule has 4 nitrogen and oxygen atoms in total. The topological polar surface area (TPSA) is 48.7 Å². The van der Waals surface area contributed by atoms with Crippen LogP contribution in [0.3, 0.4) is 0 Å². The third-order valence-corrected chi connectivity index (χ3v) is 5.68. The second-order valence-electron chi connectivity index (χ2n) is 9.30. The highest BCUT2D eigenvalue weighted by atomic mass is 32.1. The van der Waals surface area contributed by atoms with E-state index in [1.807, 2.05) is 45.0 Å². The largest absolute Gasteiger partial charge is 0.477 e. The third kappa shape index (κ3) is 7.16. The first kappa shape index (κ1) is 25.0. The van der Waals surface area contributed by atoms with Gasteiger partial charge in [0.05, 0.1) is 0 Å². The molecule has 3 rings (SSSR count). The fourth-order valence-corrected chi connectivity index (χ4v) is 4.55. The molecule has 33 heavy (non-hydrogen) atoms. The van der Waals surface area contributed by atoms with Gasteiger partial charge in [-0.3, -0.25) is 0 Å². The van der Waals surface area contributed by atoms with Gasteiger partial charge in [0.2, 0.25) is 0 Å². The molecule has 1 unspecified atom stereocenters. The Kier molecular flexibility index (Phi) is 7.96. The monoisotopic (exact) mass is 466 g/mol. The van der Waals surface area contributed by atoms with Crippen LogP contribution in [0.15, 0.2) is 65.6 Å². The predicted molar refractivity (Wildman–Crippen MR) is 138 cm³/mol. The molecule has 0 saturated heterocycles. The molecule has 1 atom stereocenters. The van der Waals surface area contributed by atoms with Crippen LogP contribution in [-0.2, 0) is 16.0 Å². The van der Waals surface area contributed by atoms with Gasteiger partial charge in [-0.2, -0.15) is 0 Å². The van der Waals surface area contributed by atoms with E-state index < -0.39 is 16.5 Å². The molecule has 1 heterocycles. The number of aryl methyl sites for hydroxylation is 1. The van der Waals surface area contributed by atoms with Crippen LogP contribution in [-0.4, -0.2) is 16.5 Å². The number of thiol groups is 1. The van der Waals surface area contributed by atoms with Gasteiger partial charge in [0.25, 0.3) is 0 Å². The Bertz CT molecular complexity index is 1090. The fourth-order valence-electron chi connectivity index (χ4n) is 4.06. The zero-order chi connectivity index (χ0) is 24.1. The molecule has 1 aromatic heterocycles. The van der Waals surface area contributed by atoms with E-state index in [-0.39, 0.29) is 0 Å². The van der Waals surface area contributed by atoms with E-state index in [1.165, 1.54) is 24.8 Å². The predicted octanol–water partition coefficient (Wildman–Crippen LogP) is 7.76. The minimum absolute atomic E-state index is 0.384. The van der Waals surface area contributed by atoms with Crippen molar-refractivity contribution in [1.82, 2.24) is 0 Å². The molecule has 2 aromatic carbocycles. The molecule has 0 radical (unpaired) electrons. The maximum absolute atomic E-state index is 11.6. The first-order valence-corrected chi connectivity index (χ1v) is 12.0. The van der Waals surface area contributed by atoms with Crippen molar-refractivity contribution < 1.29 is 18.7 Å². The van der Waals surface area contributed by atoms with Gasteiger partial charge < -0.3 is 13.9 Å². The summed E-state index contributed by atoms with van der Waals surface area (Å²) in [5.41, 5.74) is 2.40. The van der Waals surface area contributed by atoms with Gasteiger partial charge in [0, 0.05) is 29.5 Å². The van der Waals surface area contributed by atoms with Gasteiger partial charge in [-0.05, 0) is 57.4 Å². The van der Waals surface area contributed by atoms with Crippen molar-refractivity contribution >= 4 is 29.6 Å². The molecule has 0 aliphatic carbocycles. The highest BCUT2D eigenvalue weighted by Crippen LogP contribution is 2.35. The molecule has 5 heteroatoms. The Balaban J connectivity index is 1.71. The van der Waals surface area contributed by atoms with Crippen molar-refractivity contribution in [2.24, 2.45) is 0 Å². The lowest BCUT2D eigenvalue weighted by molar-refractivity contribution is -0.152. The Labute approximate surface area is 202 Å². The lowest BCUT2D eigenvalue weighted by Gasteiger charge is -2.34. The number of fused-ring (bicyclic) bond motifs is 1. The summed E-state index contributed by atoms with van der Waals surface area (Å²) in [4.78, 5) is 10.7. The number of hydrogen-bond donors (Lipinski definition) is 1. The van der Waals surface area contributed by atoms with Crippen LogP contribution in [0.4, 0.5) is 0 Å². The Hall–Kier alpha value is -2.66. The van der Waals surface area contributed by atoms with Crippen LogP contribution in [0.2, 0.25) is 0 Å². The number of hydrogen-bond acceptors (Lipinski definition) is 5. The quantitative estimate of drug-likeness (QED) is 0.103. The van der Waals surface area contributed by atoms with E-state index in [1.54, 1.807) is 0 Å². The van der Waals surface area contributed by atoms with Crippen molar-refractivity contribution in [1.29, 1.82) is 0 Å². The molecule has 0 spiro atoms. The number of benzene rings is 2. The fraction of sp³-hybridized carbons (Fsp3) is 0.393. The van der Waals surface area contributed by atoms with E-state index in [4.69, 9.17) is 13.9 Å². The van der Waals surface area contributed by atoms with E-state index in [2.05, 4.69) is 50.4 Å². The summed E-state index contributed by atoms with van der Waals surface area (Å²) < 4.78 is 17.7. The summed E-state index contributed by atoms with van der Waals surface area (Å²) in [5, 5.41) is 1.01. The molecule has 0 amide bonds. The Morgan fingerprint density at radius 2 is 1.82 bits per heavy atom. The van der Waals surface area contributed by atoms with Gasteiger partial charge in [-0.25, -0.2) is 4.79 Å². The van der Waals surface area contributed by atoms with E-state index >= 15 is 0 Å². The minimum atomic E-state index is -0.859. The van der Waals surface area contributed by atoms with Gasteiger partial charge in [-0.15, -0.1) is 12.6 Å². The number of unbranched alkanes of at least 4 members (excludes halogenated alkanes) is 2. The zero-order valence-electron chi connectivity index (χ0n) is 20.0. The summed E-state index contributed by atoms with van der Waals surface area (Å²) in [6.07, 6.45) is 6.37. The summed E-state index contributed by atoms with van der Waals surface area (Å²) in [5.74, 6) is 0.994. The van der Waals surface area contributed by atoms with Crippen molar-refractivity contribution in [3.8, 4) is 17.1 Å². The van der Waals surface area contributed by atoms with Gasteiger partial charge >= 0.3 is 5.97 Å². The molecule has 0 fully saturated rings. The summed E-state index contributed by atoms with van der Waals surface area (Å²) in [7, 11) is 0. The van der Waals surface area contributed by atoms with Crippen molar-refractivity contribution in [2.75, 3.05) is 0 Å². The Morgan fingerprint density at radius 3 is 2.48 bits per heavy atom. The standard InChI is InChI=1S/C28H34O4S/c1-6-8-9-10-20-11-13-21(14-12-20)24-17-22-15-16-23(18-25(22)30-24)31-28(5,33)19-27(3,4)32-26(29)7-2/h7,11-18,33H,2,6,8-10,19H2,1,3-5H3. The van der Waals surface area contributed by atoms with Crippen LogP contribution in [0.1, 0.15) is 58.9 Å². The van der Waals surface area contributed by atoms with Crippen LogP contribution in [0.25, 0.3) is 22.3 Å². The highest BCUT2D eigenvalue weighted by molar-refractivity contribution is 7.81. The maximum atomic E-state index is 11.6. The molecule has 0 aliphatic rings. The van der Waals surface area contributed by atoms with Crippen LogP contribution >= 0.6 is 12.6 Å². The molecule has 3 aromatic rings. The summed E-state index contributed by atoms with van der Waals surface area (Å²) >= 11 is 4.67. The van der Waals surface area contributed by atoms with Crippen molar-refractivity contribution in [2.45, 2.75) is 70.3 Å². The molecule has 0 N–H and O–H groups in total. The van der Waals surface area contributed by atoms with E-state index in [0.29, 0.717) is 12.2 Å². The first-order chi connectivity index (χ1) is 15.6. The smallest absolute Gasteiger partial charge is 0.330 e. The molecule has 176 valence electrons. The normalized spacial score (nSPS) is 13.5. The van der Waals surface area contributed by atoms with Crippen LogP contribution < -0.4 is 4.74 Å². The molecular formula is C28H34O4S. The second-order valence-corrected chi connectivity index (χ2v) is 10.2. The van der Waals surface area contributed by atoms with Gasteiger partial charge in [0.1, 0.15) is 22.7 Å². The Morgan fingerprint density at radius 1 is 1.09 bits per heavy atom. The zero-order valence-corrected chi connectivity index (χ0v) is 20.9. The number of carbonyl (C=O) groups excluding carboxylic acids is 1. The molecular weight excluding hydrogens is 432 g/mol. The average Bonchev–Trinajstić information content (AvgIpc) is 3.16.